The maximum Gasteiger partial charge on any atom is 0.317 e. The standard InChI is InChI=1S/C12H19N3O2/c1-9-5-4-6-11(14-9)7-13-12(17)15(3)10(2)8-16/h4-6,10,16H,7-8H2,1-3H3,(H,13,17). The number of amides is 2. The van der Waals surface area contributed by atoms with Gasteiger partial charge >= 0.3 is 6.03 Å². The van der Waals surface area contributed by atoms with Crippen molar-refractivity contribution in [3.63, 3.8) is 0 Å². The SMILES string of the molecule is Cc1cccc(CNC(=O)N(C)C(C)CO)n1. The van der Waals surface area contributed by atoms with Crippen LogP contribution in [0.3, 0.4) is 0 Å². The largest absolute Gasteiger partial charge is 0.394 e. The molecule has 0 aromatic carbocycles. The highest BCUT2D eigenvalue weighted by molar-refractivity contribution is 5.74. The predicted octanol–water partition coefficient (Wildman–Crippen LogP) is 0.912. The summed E-state index contributed by atoms with van der Waals surface area (Å²) in [4.78, 5) is 17.4. The van der Waals surface area contributed by atoms with Gasteiger partial charge in [0.25, 0.3) is 0 Å². The first kappa shape index (κ1) is 13.4. The number of aliphatic hydroxyl groups excluding tert-OH is 1. The first-order valence-electron chi connectivity index (χ1n) is 5.58. The van der Waals surface area contributed by atoms with E-state index in [4.69, 9.17) is 5.11 Å². The average molecular weight is 237 g/mol. The fraction of sp³-hybridized carbons (Fsp3) is 0.500. The molecule has 0 radical (unpaired) electrons. The second-order valence-corrected chi connectivity index (χ2v) is 4.07. The van der Waals surface area contributed by atoms with E-state index >= 15 is 0 Å². The number of nitrogens with one attached hydrogen (secondary N) is 1. The minimum absolute atomic E-state index is 0.0490. The third-order valence-corrected chi connectivity index (χ3v) is 2.61. The van der Waals surface area contributed by atoms with Crippen molar-refractivity contribution in [2.45, 2.75) is 26.4 Å². The fourth-order valence-electron chi connectivity index (χ4n) is 1.31. The van der Waals surface area contributed by atoms with Gasteiger partial charge in [0.2, 0.25) is 0 Å². The van der Waals surface area contributed by atoms with Gasteiger partial charge in [-0.15, -0.1) is 0 Å². The van der Waals surface area contributed by atoms with Crippen molar-refractivity contribution in [1.29, 1.82) is 0 Å². The predicted molar refractivity (Wildman–Crippen MR) is 65.5 cm³/mol. The van der Waals surface area contributed by atoms with E-state index < -0.39 is 0 Å². The van der Waals surface area contributed by atoms with Gasteiger partial charge in [0.05, 0.1) is 24.9 Å². The Bertz CT molecular complexity index is 382. The second-order valence-electron chi connectivity index (χ2n) is 4.07. The molecule has 1 aromatic rings. The Labute approximate surface area is 101 Å². The molecule has 94 valence electrons. The molecule has 1 heterocycles. The summed E-state index contributed by atoms with van der Waals surface area (Å²) in [5, 5.41) is 11.7. The van der Waals surface area contributed by atoms with Gasteiger partial charge in [-0.05, 0) is 26.0 Å². The van der Waals surface area contributed by atoms with Crippen molar-refractivity contribution in [2.24, 2.45) is 0 Å². The molecular formula is C12H19N3O2. The number of hydrogen-bond donors (Lipinski definition) is 2. The number of carbonyl (C=O) groups excluding carboxylic acids is 1. The lowest BCUT2D eigenvalue weighted by Gasteiger charge is -2.23. The molecule has 2 N–H and O–H groups in total. The van der Waals surface area contributed by atoms with Crippen LogP contribution in [0.15, 0.2) is 18.2 Å². The average Bonchev–Trinajstić information content (AvgIpc) is 2.34. The van der Waals surface area contributed by atoms with Crippen LogP contribution in [0, 0.1) is 6.92 Å². The Morgan fingerprint density at radius 3 is 2.88 bits per heavy atom. The summed E-state index contributed by atoms with van der Waals surface area (Å²) in [6.45, 7) is 4.03. The van der Waals surface area contributed by atoms with Crippen molar-refractivity contribution < 1.29 is 9.90 Å². The number of likely N-dealkylation sites (N-methyl/N-ethyl adjacent to an activating group) is 1. The van der Waals surface area contributed by atoms with Crippen LogP contribution >= 0.6 is 0 Å². The third kappa shape index (κ3) is 4.03. The lowest BCUT2D eigenvalue weighted by molar-refractivity contribution is 0.157. The van der Waals surface area contributed by atoms with Crippen LogP contribution in [0.25, 0.3) is 0 Å². The van der Waals surface area contributed by atoms with E-state index in [9.17, 15) is 4.79 Å². The molecule has 1 unspecified atom stereocenters. The lowest BCUT2D eigenvalue weighted by Crippen LogP contribution is -2.43. The van der Waals surface area contributed by atoms with E-state index in [1.54, 1.807) is 14.0 Å². The Morgan fingerprint density at radius 2 is 2.29 bits per heavy atom. The summed E-state index contributed by atoms with van der Waals surface area (Å²) in [7, 11) is 1.65. The second kappa shape index (κ2) is 6.20. The normalized spacial score (nSPS) is 12.0. The monoisotopic (exact) mass is 237 g/mol. The first-order valence-corrected chi connectivity index (χ1v) is 5.58. The van der Waals surface area contributed by atoms with Crippen LogP contribution in [0.5, 0.6) is 0 Å². The molecule has 5 heteroatoms. The summed E-state index contributed by atoms with van der Waals surface area (Å²) in [5.41, 5.74) is 1.75. The van der Waals surface area contributed by atoms with E-state index in [-0.39, 0.29) is 18.7 Å². The van der Waals surface area contributed by atoms with E-state index in [0.29, 0.717) is 6.54 Å². The number of nitrogens with zero attached hydrogens (tertiary/aromatic N) is 2. The minimum Gasteiger partial charge on any atom is -0.394 e. The van der Waals surface area contributed by atoms with Gasteiger partial charge in [-0.25, -0.2) is 4.79 Å². The summed E-state index contributed by atoms with van der Waals surface area (Å²) in [6.07, 6.45) is 0. The Hall–Kier alpha value is -1.62. The Kier molecular flexibility index (Phi) is 4.90. The highest BCUT2D eigenvalue weighted by Crippen LogP contribution is 1.99. The molecular weight excluding hydrogens is 218 g/mol. The Morgan fingerprint density at radius 1 is 1.59 bits per heavy atom. The molecule has 17 heavy (non-hydrogen) atoms. The highest BCUT2D eigenvalue weighted by atomic mass is 16.3. The number of rotatable bonds is 4. The van der Waals surface area contributed by atoms with Crippen LogP contribution in [-0.4, -0.2) is 40.7 Å². The number of pyridine rings is 1. The van der Waals surface area contributed by atoms with Gasteiger partial charge in [0, 0.05) is 12.7 Å². The van der Waals surface area contributed by atoms with Gasteiger partial charge in [-0.3, -0.25) is 4.98 Å². The molecule has 1 aromatic heterocycles. The molecule has 5 nitrogen and oxygen atoms in total. The summed E-state index contributed by atoms with van der Waals surface area (Å²) >= 11 is 0. The quantitative estimate of drug-likeness (QED) is 0.818. The van der Waals surface area contributed by atoms with Crippen LogP contribution in [0.2, 0.25) is 0 Å². The number of aryl methyl sites for hydroxylation is 1. The van der Waals surface area contributed by atoms with E-state index in [0.717, 1.165) is 11.4 Å². The van der Waals surface area contributed by atoms with Gasteiger partial charge in [-0.1, -0.05) is 6.07 Å². The smallest absolute Gasteiger partial charge is 0.317 e. The van der Waals surface area contributed by atoms with Crippen LogP contribution in [0.4, 0.5) is 4.79 Å². The van der Waals surface area contributed by atoms with E-state index in [1.165, 1.54) is 4.90 Å². The molecule has 1 rings (SSSR count). The number of carbonyl (C=O) groups is 1. The third-order valence-electron chi connectivity index (χ3n) is 2.61. The summed E-state index contributed by atoms with van der Waals surface area (Å²) in [5.74, 6) is 0. The summed E-state index contributed by atoms with van der Waals surface area (Å²) < 4.78 is 0. The molecule has 0 spiro atoms. The molecule has 0 bridgehead atoms. The van der Waals surface area contributed by atoms with E-state index in [2.05, 4.69) is 10.3 Å². The maximum atomic E-state index is 11.7. The molecule has 0 saturated heterocycles. The zero-order valence-electron chi connectivity index (χ0n) is 10.5. The van der Waals surface area contributed by atoms with Gasteiger partial charge in [0.15, 0.2) is 0 Å². The zero-order chi connectivity index (χ0) is 12.8. The van der Waals surface area contributed by atoms with Crippen LogP contribution in [-0.2, 0) is 6.54 Å². The Balaban J connectivity index is 2.48. The van der Waals surface area contributed by atoms with Gasteiger partial charge < -0.3 is 15.3 Å². The molecule has 0 fully saturated rings. The molecule has 2 amide bonds. The number of aliphatic hydroxyl groups is 1. The lowest BCUT2D eigenvalue weighted by atomic mass is 10.3. The van der Waals surface area contributed by atoms with Crippen LogP contribution in [0.1, 0.15) is 18.3 Å². The van der Waals surface area contributed by atoms with Crippen molar-refractivity contribution in [3.05, 3.63) is 29.6 Å². The molecule has 0 saturated carbocycles. The number of aromatic nitrogens is 1. The number of urea groups is 1. The zero-order valence-corrected chi connectivity index (χ0v) is 10.5. The number of hydrogen-bond acceptors (Lipinski definition) is 3. The van der Waals surface area contributed by atoms with Crippen molar-refractivity contribution in [3.8, 4) is 0 Å². The van der Waals surface area contributed by atoms with Crippen molar-refractivity contribution in [2.75, 3.05) is 13.7 Å². The highest BCUT2D eigenvalue weighted by Gasteiger charge is 2.14. The molecule has 0 aliphatic heterocycles. The van der Waals surface area contributed by atoms with Gasteiger partial charge in [-0.2, -0.15) is 0 Å². The minimum atomic E-state index is -0.213. The maximum absolute atomic E-state index is 11.7. The van der Waals surface area contributed by atoms with E-state index in [1.807, 2.05) is 25.1 Å². The van der Waals surface area contributed by atoms with Gasteiger partial charge in [0.1, 0.15) is 0 Å². The molecule has 0 aliphatic rings. The fourth-order valence-corrected chi connectivity index (χ4v) is 1.31. The topological polar surface area (TPSA) is 65.5 Å². The summed E-state index contributed by atoms with van der Waals surface area (Å²) in [6, 6.07) is 5.27. The molecule has 0 aliphatic carbocycles. The van der Waals surface area contributed by atoms with Crippen molar-refractivity contribution in [1.82, 2.24) is 15.2 Å². The first-order chi connectivity index (χ1) is 8.04. The molecule has 1 atom stereocenters. The van der Waals surface area contributed by atoms with Crippen molar-refractivity contribution >= 4 is 6.03 Å². The van der Waals surface area contributed by atoms with Crippen LogP contribution < -0.4 is 5.32 Å².